The van der Waals surface area contributed by atoms with Gasteiger partial charge >= 0.3 is 0 Å². The van der Waals surface area contributed by atoms with E-state index in [1.54, 1.807) is 24.4 Å². The van der Waals surface area contributed by atoms with Gasteiger partial charge in [-0.25, -0.2) is 10.4 Å². The van der Waals surface area contributed by atoms with Crippen molar-refractivity contribution in [2.45, 2.75) is 0 Å². The van der Waals surface area contributed by atoms with Crippen LogP contribution in [0.4, 0.5) is 0 Å². The Labute approximate surface area is 99.0 Å². The van der Waals surface area contributed by atoms with Gasteiger partial charge in [-0.3, -0.25) is 0 Å². The molecule has 0 radical (unpaired) electrons. The smallest absolute Gasteiger partial charge is 0.212 e. The molecular formula is C11H14N4O2. The quantitative estimate of drug-likeness (QED) is 0.518. The number of nitrogens with one attached hydrogen (secondary N) is 2. The summed E-state index contributed by atoms with van der Waals surface area (Å²) in [5, 5.41) is 16.5. The predicted molar refractivity (Wildman–Crippen MR) is 65.7 cm³/mol. The van der Waals surface area contributed by atoms with E-state index >= 15 is 0 Å². The summed E-state index contributed by atoms with van der Waals surface area (Å²) in [7, 11) is 1.51. The number of aromatic hydroxyl groups is 1. The fourth-order valence-corrected chi connectivity index (χ4v) is 1.42. The second kappa shape index (κ2) is 5.20. The zero-order valence-electron chi connectivity index (χ0n) is 9.47. The molecule has 0 aromatic heterocycles. The van der Waals surface area contributed by atoms with E-state index in [1.165, 1.54) is 7.11 Å². The second-order valence-electron chi connectivity index (χ2n) is 3.46. The van der Waals surface area contributed by atoms with Gasteiger partial charge in [0, 0.05) is 6.54 Å². The lowest BCUT2D eigenvalue weighted by atomic mass is 10.2. The number of phenolic OH excluding ortho intramolecular Hbond substituents is 1. The van der Waals surface area contributed by atoms with Gasteiger partial charge in [0.2, 0.25) is 5.96 Å². The molecule has 0 amide bonds. The summed E-state index contributed by atoms with van der Waals surface area (Å²) >= 11 is 0. The first-order valence-electron chi connectivity index (χ1n) is 5.24. The number of phenols is 1. The van der Waals surface area contributed by atoms with E-state index < -0.39 is 0 Å². The van der Waals surface area contributed by atoms with Crippen LogP contribution in [0, 0.1) is 0 Å². The maximum atomic E-state index is 9.42. The molecular weight excluding hydrogens is 220 g/mol. The molecule has 1 heterocycles. The molecule has 6 nitrogen and oxygen atoms in total. The Balaban J connectivity index is 2.00. The number of aliphatic imine (C=N–C) groups is 1. The Hall–Kier alpha value is -2.24. The van der Waals surface area contributed by atoms with Crippen molar-refractivity contribution in [2.75, 3.05) is 20.2 Å². The van der Waals surface area contributed by atoms with Crippen molar-refractivity contribution in [2.24, 2.45) is 10.1 Å². The number of hydrazone groups is 1. The molecule has 1 aromatic rings. The summed E-state index contributed by atoms with van der Waals surface area (Å²) in [4.78, 5) is 4.13. The largest absolute Gasteiger partial charge is 0.504 e. The minimum Gasteiger partial charge on any atom is -0.504 e. The van der Waals surface area contributed by atoms with Crippen LogP contribution in [-0.4, -0.2) is 37.5 Å². The molecule has 0 saturated heterocycles. The Morgan fingerprint density at radius 2 is 2.47 bits per heavy atom. The second-order valence-corrected chi connectivity index (χ2v) is 3.46. The van der Waals surface area contributed by atoms with Gasteiger partial charge in [-0.1, -0.05) is 0 Å². The lowest BCUT2D eigenvalue weighted by Gasteiger charge is -2.03. The molecule has 0 spiro atoms. The van der Waals surface area contributed by atoms with Crippen LogP contribution >= 0.6 is 0 Å². The van der Waals surface area contributed by atoms with Crippen LogP contribution in [0.3, 0.4) is 0 Å². The summed E-state index contributed by atoms with van der Waals surface area (Å²) in [5.41, 5.74) is 3.61. The zero-order valence-corrected chi connectivity index (χ0v) is 9.47. The molecule has 1 aliphatic heterocycles. The zero-order chi connectivity index (χ0) is 12.1. The fraction of sp³-hybridized carbons (Fsp3) is 0.273. The van der Waals surface area contributed by atoms with Crippen molar-refractivity contribution in [3.05, 3.63) is 23.8 Å². The van der Waals surface area contributed by atoms with Gasteiger partial charge in [-0.2, -0.15) is 5.10 Å². The van der Waals surface area contributed by atoms with E-state index in [0.29, 0.717) is 11.7 Å². The average Bonchev–Trinajstić information content (AvgIpc) is 2.84. The van der Waals surface area contributed by atoms with E-state index in [4.69, 9.17) is 4.74 Å². The number of benzene rings is 1. The Morgan fingerprint density at radius 1 is 1.59 bits per heavy atom. The van der Waals surface area contributed by atoms with E-state index in [9.17, 15) is 5.11 Å². The lowest BCUT2D eigenvalue weighted by Crippen LogP contribution is -2.30. The van der Waals surface area contributed by atoms with Crippen molar-refractivity contribution in [3.63, 3.8) is 0 Å². The number of methoxy groups -OCH3 is 1. The number of hydrogen-bond donors (Lipinski definition) is 3. The maximum absolute atomic E-state index is 9.42. The van der Waals surface area contributed by atoms with Gasteiger partial charge in [0.25, 0.3) is 0 Å². The molecule has 3 N–H and O–H groups in total. The lowest BCUT2D eigenvalue weighted by molar-refractivity contribution is 0.373. The minimum absolute atomic E-state index is 0.111. The number of rotatable bonds is 3. The predicted octanol–water partition coefficient (Wildman–Crippen LogP) is 0.283. The monoisotopic (exact) mass is 234 g/mol. The summed E-state index contributed by atoms with van der Waals surface area (Å²) in [6.45, 7) is 1.61. The van der Waals surface area contributed by atoms with E-state index in [0.717, 1.165) is 18.7 Å². The van der Waals surface area contributed by atoms with Gasteiger partial charge in [-0.15, -0.1) is 0 Å². The van der Waals surface area contributed by atoms with Crippen LogP contribution in [0.1, 0.15) is 5.56 Å². The van der Waals surface area contributed by atoms with Crippen molar-refractivity contribution in [3.8, 4) is 11.5 Å². The van der Waals surface area contributed by atoms with Crippen LogP contribution in [-0.2, 0) is 0 Å². The minimum atomic E-state index is 0.111. The van der Waals surface area contributed by atoms with Crippen molar-refractivity contribution in [1.29, 1.82) is 0 Å². The highest BCUT2D eigenvalue weighted by molar-refractivity contribution is 5.85. The average molecular weight is 234 g/mol. The molecule has 90 valence electrons. The van der Waals surface area contributed by atoms with E-state index in [2.05, 4.69) is 20.8 Å². The molecule has 0 fully saturated rings. The van der Waals surface area contributed by atoms with E-state index in [-0.39, 0.29) is 5.75 Å². The molecule has 0 aliphatic carbocycles. The molecule has 0 bridgehead atoms. The van der Waals surface area contributed by atoms with Crippen molar-refractivity contribution < 1.29 is 9.84 Å². The third kappa shape index (κ3) is 2.87. The summed E-state index contributed by atoms with van der Waals surface area (Å²) in [6, 6.07) is 5.00. The molecule has 6 heteroatoms. The van der Waals surface area contributed by atoms with Crippen molar-refractivity contribution >= 4 is 12.2 Å². The highest BCUT2D eigenvalue weighted by Crippen LogP contribution is 2.25. The molecule has 17 heavy (non-hydrogen) atoms. The van der Waals surface area contributed by atoms with Gasteiger partial charge in [0.05, 0.1) is 19.9 Å². The summed E-state index contributed by atoms with van der Waals surface area (Å²) in [6.07, 6.45) is 1.63. The molecule has 0 saturated carbocycles. The maximum Gasteiger partial charge on any atom is 0.212 e. The highest BCUT2D eigenvalue weighted by Gasteiger charge is 2.02. The number of ether oxygens (including phenoxy) is 1. The number of hydrogen-bond acceptors (Lipinski definition) is 6. The van der Waals surface area contributed by atoms with Crippen LogP contribution in [0.2, 0.25) is 0 Å². The Morgan fingerprint density at radius 3 is 3.18 bits per heavy atom. The molecule has 1 aliphatic rings. The summed E-state index contributed by atoms with van der Waals surface area (Å²) < 4.78 is 5.00. The van der Waals surface area contributed by atoms with Gasteiger partial charge in [0.1, 0.15) is 0 Å². The van der Waals surface area contributed by atoms with Gasteiger partial charge in [0.15, 0.2) is 11.5 Å². The molecule has 0 unspecified atom stereocenters. The summed E-state index contributed by atoms with van der Waals surface area (Å²) in [5.74, 6) is 1.21. The molecule has 2 rings (SSSR count). The van der Waals surface area contributed by atoms with Crippen LogP contribution in [0.25, 0.3) is 0 Å². The Bertz CT molecular complexity index is 457. The topological polar surface area (TPSA) is 78.2 Å². The fourth-order valence-electron chi connectivity index (χ4n) is 1.42. The SMILES string of the molecule is COc1cc(/C=N/NC2=NCCN2)ccc1O. The van der Waals surface area contributed by atoms with Gasteiger partial charge < -0.3 is 15.2 Å². The third-order valence-electron chi connectivity index (χ3n) is 2.26. The standard InChI is InChI=1S/C11H14N4O2/c1-17-10-6-8(2-3-9(10)16)7-14-15-11-12-4-5-13-11/h2-3,6-7,16H,4-5H2,1H3,(H2,12,13,15)/b14-7+. The first kappa shape index (κ1) is 11.3. The van der Waals surface area contributed by atoms with E-state index in [1.807, 2.05) is 0 Å². The molecule has 0 atom stereocenters. The normalized spacial score (nSPS) is 14.5. The van der Waals surface area contributed by atoms with Crippen LogP contribution in [0.5, 0.6) is 11.5 Å². The molecule has 1 aromatic carbocycles. The first-order valence-corrected chi connectivity index (χ1v) is 5.24. The van der Waals surface area contributed by atoms with Crippen molar-refractivity contribution in [1.82, 2.24) is 10.7 Å². The van der Waals surface area contributed by atoms with Gasteiger partial charge in [-0.05, 0) is 23.8 Å². The Kier molecular flexibility index (Phi) is 3.44. The number of guanidine groups is 1. The third-order valence-corrected chi connectivity index (χ3v) is 2.26. The van der Waals surface area contributed by atoms with Crippen LogP contribution < -0.4 is 15.5 Å². The van der Waals surface area contributed by atoms with Crippen LogP contribution in [0.15, 0.2) is 28.3 Å². The first-order chi connectivity index (χ1) is 8.29. The number of nitrogens with zero attached hydrogens (tertiary/aromatic N) is 2. The highest BCUT2D eigenvalue weighted by atomic mass is 16.5.